The molecule has 2 rings (SSSR count). The minimum Gasteiger partial charge on any atom is -0.374 e. The van der Waals surface area contributed by atoms with Crippen LogP contribution >= 0.6 is 27.3 Å². The molecule has 0 unspecified atom stereocenters. The molecule has 1 N–H and O–H groups in total. The Morgan fingerprint density at radius 2 is 2.28 bits per heavy atom. The normalized spacial score (nSPS) is 10.3. The van der Waals surface area contributed by atoms with Gasteiger partial charge in [-0.2, -0.15) is 0 Å². The van der Waals surface area contributed by atoms with Gasteiger partial charge in [0.25, 0.3) is 0 Å². The molecule has 7 heteroatoms. The predicted molar refractivity (Wildman–Crippen MR) is 75.0 cm³/mol. The summed E-state index contributed by atoms with van der Waals surface area (Å²) in [6.45, 7) is 2.58. The van der Waals surface area contributed by atoms with Crippen molar-refractivity contribution in [2.24, 2.45) is 0 Å². The van der Waals surface area contributed by atoms with Crippen molar-refractivity contribution in [1.29, 1.82) is 0 Å². The quantitative estimate of drug-likeness (QED) is 0.686. The van der Waals surface area contributed by atoms with Crippen molar-refractivity contribution >= 4 is 38.6 Å². The molecule has 0 radical (unpaired) electrons. The summed E-state index contributed by atoms with van der Waals surface area (Å²) in [7, 11) is 0. The van der Waals surface area contributed by atoms with Crippen molar-refractivity contribution in [2.75, 3.05) is 5.32 Å². The predicted octanol–water partition coefficient (Wildman–Crippen LogP) is 3.73. The number of halogens is 1. The van der Waals surface area contributed by atoms with Crippen LogP contribution in [0.15, 0.2) is 29.0 Å². The molecule has 0 aliphatic carbocycles. The van der Waals surface area contributed by atoms with Gasteiger partial charge >= 0.3 is 5.69 Å². The maximum absolute atomic E-state index is 10.9. The van der Waals surface area contributed by atoms with E-state index in [9.17, 15) is 10.1 Å². The van der Waals surface area contributed by atoms with E-state index in [2.05, 4.69) is 26.2 Å². The molecule has 2 aromatic rings. The van der Waals surface area contributed by atoms with E-state index in [1.807, 2.05) is 19.1 Å². The summed E-state index contributed by atoms with van der Waals surface area (Å²) in [4.78, 5) is 16.6. The summed E-state index contributed by atoms with van der Waals surface area (Å²) in [6, 6.07) is 4.03. The lowest BCUT2D eigenvalue weighted by Gasteiger charge is -2.07. The van der Waals surface area contributed by atoms with E-state index < -0.39 is 4.92 Å². The van der Waals surface area contributed by atoms with Gasteiger partial charge in [-0.15, -0.1) is 11.3 Å². The molecule has 0 aromatic carbocycles. The summed E-state index contributed by atoms with van der Waals surface area (Å²) in [5.41, 5.74) is 0.429. The van der Waals surface area contributed by atoms with Gasteiger partial charge in [-0.05, 0) is 35.0 Å². The highest BCUT2D eigenvalue weighted by Gasteiger charge is 2.17. The number of aryl methyl sites for hydroxylation is 1. The lowest BCUT2D eigenvalue weighted by atomic mass is 10.3. The summed E-state index contributed by atoms with van der Waals surface area (Å²) >= 11 is 4.93. The smallest absolute Gasteiger partial charge is 0.311 e. The van der Waals surface area contributed by atoms with Crippen molar-refractivity contribution < 1.29 is 4.92 Å². The largest absolute Gasteiger partial charge is 0.374 e. The molecule has 0 fully saturated rings. The number of nitrogens with zero attached hydrogens (tertiary/aromatic N) is 2. The first-order valence-electron chi connectivity index (χ1n) is 5.15. The highest BCUT2D eigenvalue weighted by molar-refractivity contribution is 9.10. The SMILES string of the molecule is Cc1ccc(CNc2c(Br)cncc2[N+](=O)[O-])s1. The Morgan fingerprint density at radius 1 is 1.50 bits per heavy atom. The Labute approximate surface area is 116 Å². The monoisotopic (exact) mass is 327 g/mol. The lowest BCUT2D eigenvalue weighted by molar-refractivity contribution is -0.384. The van der Waals surface area contributed by atoms with E-state index >= 15 is 0 Å². The molecule has 2 heterocycles. The molecule has 0 aliphatic rings. The van der Waals surface area contributed by atoms with E-state index in [0.717, 1.165) is 4.88 Å². The van der Waals surface area contributed by atoms with E-state index in [0.29, 0.717) is 16.7 Å². The van der Waals surface area contributed by atoms with Gasteiger partial charge < -0.3 is 5.32 Å². The lowest BCUT2D eigenvalue weighted by Crippen LogP contribution is -2.02. The molecule has 0 spiro atoms. The van der Waals surface area contributed by atoms with Crippen LogP contribution in [0, 0.1) is 17.0 Å². The number of aromatic nitrogens is 1. The van der Waals surface area contributed by atoms with Gasteiger partial charge in [0.1, 0.15) is 11.9 Å². The number of nitro groups is 1. The van der Waals surface area contributed by atoms with Gasteiger partial charge in [-0.25, -0.2) is 0 Å². The zero-order valence-corrected chi connectivity index (χ0v) is 11.9. The number of anilines is 1. The summed E-state index contributed by atoms with van der Waals surface area (Å²) < 4.78 is 0.588. The first-order valence-corrected chi connectivity index (χ1v) is 6.76. The van der Waals surface area contributed by atoms with Gasteiger partial charge in [0, 0.05) is 22.5 Å². The fourth-order valence-electron chi connectivity index (χ4n) is 1.49. The van der Waals surface area contributed by atoms with E-state index in [1.54, 1.807) is 11.3 Å². The van der Waals surface area contributed by atoms with Crippen LogP contribution < -0.4 is 5.32 Å². The van der Waals surface area contributed by atoms with Crippen LogP contribution in [0.3, 0.4) is 0 Å². The number of thiophene rings is 1. The fourth-order valence-corrected chi connectivity index (χ4v) is 2.79. The molecular formula is C11H10BrN3O2S. The third-order valence-corrected chi connectivity index (χ3v) is 3.91. The average molecular weight is 328 g/mol. The first-order chi connectivity index (χ1) is 8.58. The molecule has 0 atom stereocenters. The number of hydrogen-bond donors (Lipinski definition) is 1. The van der Waals surface area contributed by atoms with Crippen molar-refractivity contribution in [1.82, 2.24) is 4.98 Å². The average Bonchev–Trinajstić information content (AvgIpc) is 2.73. The number of rotatable bonds is 4. The molecule has 0 saturated carbocycles. The Morgan fingerprint density at radius 3 is 2.89 bits per heavy atom. The minimum atomic E-state index is -0.445. The number of pyridine rings is 1. The second-order valence-corrected chi connectivity index (χ2v) is 5.87. The van der Waals surface area contributed by atoms with Crippen molar-refractivity contribution in [3.63, 3.8) is 0 Å². The standard InChI is InChI=1S/C11H10BrN3O2S/c1-7-2-3-8(18-7)4-14-11-9(12)5-13-6-10(11)15(16)17/h2-3,5-6H,4H2,1H3,(H,13,14). The van der Waals surface area contributed by atoms with Crippen LogP contribution in [-0.2, 0) is 6.54 Å². The molecule has 2 aromatic heterocycles. The first kappa shape index (κ1) is 13.0. The molecule has 0 bridgehead atoms. The molecule has 0 aliphatic heterocycles. The summed E-state index contributed by atoms with van der Waals surface area (Å²) in [6.07, 6.45) is 2.78. The summed E-state index contributed by atoms with van der Waals surface area (Å²) in [5, 5.41) is 14.0. The zero-order valence-electron chi connectivity index (χ0n) is 9.51. The van der Waals surface area contributed by atoms with Crippen LogP contribution in [0.25, 0.3) is 0 Å². The van der Waals surface area contributed by atoms with Crippen LogP contribution in [0.5, 0.6) is 0 Å². The Bertz CT molecular complexity index is 585. The second-order valence-electron chi connectivity index (χ2n) is 3.64. The third-order valence-electron chi connectivity index (χ3n) is 2.31. The Balaban J connectivity index is 2.20. The van der Waals surface area contributed by atoms with E-state index in [4.69, 9.17) is 0 Å². The molecule has 0 saturated heterocycles. The van der Waals surface area contributed by atoms with Gasteiger partial charge in [-0.1, -0.05) is 0 Å². The number of nitrogens with one attached hydrogen (secondary N) is 1. The van der Waals surface area contributed by atoms with Crippen LogP contribution in [0.1, 0.15) is 9.75 Å². The van der Waals surface area contributed by atoms with E-state index in [-0.39, 0.29) is 5.69 Å². The highest BCUT2D eigenvalue weighted by atomic mass is 79.9. The molecule has 18 heavy (non-hydrogen) atoms. The van der Waals surface area contributed by atoms with Crippen LogP contribution in [0.2, 0.25) is 0 Å². The second kappa shape index (κ2) is 5.45. The van der Waals surface area contributed by atoms with Crippen molar-refractivity contribution in [3.8, 4) is 0 Å². The van der Waals surface area contributed by atoms with Crippen LogP contribution in [-0.4, -0.2) is 9.91 Å². The van der Waals surface area contributed by atoms with E-state index in [1.165, 1.54) is 17.3 Å². The molecular weight excluding hydrogens is 318 g/mol. The van der Waals surface area contributed by atoms with Gasteiger partial charge in [0.05, 0.1) is 9.40 Å². The third kappa shape index (κ3) is 2.85. The molecule has 0 amide bonds. The minimum absolute atomic E-state index is 0.0300. The van der Waals surface area contributed by atoms with Crippen LogP contribution in [0.4, 0.5) is 11.4 Å². The molecule has 94 valence electrons. The van der Waals surface area contributed by atoms with Gasteiger partial charge in [-0.3, -0.25) is 15.1 Å². The van der Waals surface area contributed by atoms with Gasteiger partial charge in [0.2, 0.25) is 0 Å². The number of hydrogen-bond acceptors (Lipinski definition) is 5. The van der Waals surface area contributed by atoms with Crippen molar-refractivity contribution in [2.45, 2.75) is 13.5 Å². The zero-order chi connectivity index (χ0) is 13.1. The Kier molecular flexibility index (Phi) is 3.93. The maximum Gasteiger partial charge on any atom is 0.311 e. The van der Waals surface area contributed by atoms with Crippen molar-refractivity contribution in [3.05, 3.63) is 48.9 Å². The van der Waals surface area contributed by atoms with Gasteiger partial charge in [0.15, 0.2) is 0 Å². The molecule has 5 nitrogen and oxygen atoms in total. The fraction of sp³-hybridized carbons (Fsp3) is 0.182. The Hall–Kier alpha value is -1.47. The topological polar surface area (TPSA) is 68.1 Å². The summed E-state index contributed by atoms with van der Waals surface area (Å²) in [5.74, 6) is 0. The highest BCUT2D eigenvalue weighted by Crippen LogP contribution is 2.31. The maximum atomic E-state index is 10.9.